The summed E-state index contributed by atoms with van der Waals surface area (Å²) in [5.41, 5.74) is 1.25. The predicted molar refractivity (Wildman–Crippen MR) is 76.1 cm³/mol. The van der Waals surface area contributed by atoms with Crippen molar-refractivity contribution in [3.63, 3.8) is 0 Å². The van der Waals surface area contributed by atoms with E-state index < -0.39 is 0 Å². The number of hydrogen-bond acceptors (Lipinski definition) is 3. The van der Waals surface area contributed by atoms with E-state index in [9.17, 15) is 0 Å². The van der Waals surface area contributed by atoms with Gasteiger partial charge in [0.1, 0.15) is 11.9 Å². The average Bonchev–Trinajstić information content (AvgIpc) is 2.41. The molecule has 0 radical (unpaired) electrons. The number of benzene rings is 1. The lowest BCUT2D eigenvalue weighted by Crippen LogP contribution is -2.26. The normalized spacial score (nSPS) is 18.6. The van der Waals surface area contributed by atoms with E-state index in [-0.39, 0.29) is 6.10 Å². The van der Waals surface area contributed by atoms with Gasteiger partial charge in [0.15, 0.2) is 0 Å². The summed E-state index contributed by atoms with van der Waals surface area (Å²) in [7, 11) is 1.96. The van der Waals surface area contributed by atoms with Gasteiger partial charge in [0.25, 0.3) is 0 Å². The maximum Gasteiger partial charge on any atom is 0.133 e. The second-order valence-corrected chi connectivity index (χ2v) is 5.48. The van der Waals surface area contributed by atoms with Crippen LogP contribution in [-0.2, 0) is 4.74 Å². The molecule has 100 valence electrons. The first-order chi connectivity index (χ1) is 8.70. The lowest BCUT2D eigenvalue weighted by atomic mass is 10.1. The van der Waals surface area contributed by atoms with Crippen molar-refractivity contribution in [1.82, 2.24) is 5.32 Å². The van der Waals surface area contributed by atoms with E-state index in [1.807, 2.05) is 13.1 Å². The van der Waals surface area contributed by atoms with Gasteiger partial charge in [-0.25, -0.2) is 0 Å². The Morgan fingerprint density at radius 1 is 1.39 bits per heavy atom. The van der Waals surface area contributed by atoms with Gasteiger partial charge in [-0.15, -0.1) is 0 Å². The first kappa shape index (κ1) is 13.8. The van der Waals surface area contributed by atoms with Crippen LogP contribution in [0.4, 0.5) is 0 Å². The van der Waals surface area contributed by atoms with E-state index in [4.69, 9.17) is 9.47 Å². The lowest BCUT2D eigenvalue weighted by molar-refractivity contribution is 0.0252. The van der Waals surface area contributed by atoms with Crippen molar-refractivity contribution in [2.75, 3.05) is 20.3 Å². The van der Waals surface area contributed by atoms with Crippen molar-refractivity contribution in [3.05, 3.63) is 28.2 Å². The highest BCUT2D eigenvalue weighted by atomic mass is 79.9. The zero-order chi connectivity index (χ0) is 13.0. The van der Waals surface area contributed by atoms with Crippen LogP contribution in [0.5, 0.6) is 5.75 Å². The van der Waals surface area contributed by atoms with E-state index in [0.29, 0.717) is 6.04 Å². The van der Waals surface area contributed by atoms with Gasteiger partial charge in [-0.05, 0) is 47.6 Å². The molecule has 0 amide bonds. The minimum Gasteiger partial charge on any atom is -0.489 e. The highest BCUT2D eigenvalue weighted by Gasteiger charge is 2.16. The Morgan fingerprint density at radius 2 is 2.11 bits per heavy atom. The molecule has 1 unspecified atom stereocenters. The summed E-state index contributed by atoms with van der Waals surface area (Å²) >= 11 is 3.59. The molecule has 1 aromatic carbocycles. The standard InChI is InChI=1S/C14H20BrNO2/c1-10(16-2)11-3-4-14(13(15)9-11)18-12-5-7-17-8-6-12/h3-4,9-10,12,16H,5-8H2,1-2H3. The maximum atomic E-state index is 6.01. The zero-order valence-electron chi connectivity index (χ0n) is 10.9. The lowest BCUT2D eigenvalue weighted by Gasteiger charge is -2.24. The minimum absolute atomic E-state index is 0.280. The summed E-state index contributed by atoms with van der Waals surface area (Å²) in [5, 5.41) is 3.23. The maximum absolute atomic E-state index is 6.01. The van der Waals surface area contributed by atoms with E-state index in [1.165, 1.54) is 5.56 Å². The molecule has 0 spiro atoms. The van der Waals surface area contributed by atoms with Crippen molar-refractivity contribution in [3.8, 4) is 5.75 Å². The molecule has 1 N–H and O–H groups in total. The fraction of sp³-hybridized carbons (Fsp3) is 0.571. The highest BCUT2D eigenvalue weighted by molar-refractivity contribution is 9.10. The minimum atomic E-state index is 0.280. The van der Waals surface area contributed by atoms with Gasteiger partial charge in [0.05, 0.1) is 17.7 Å². The summed E-state index contributed by atoms with van der Waals surface area (Å²) in [4.78, 5) is 0. The molecular formula is C14H20BrNO2. The molecule has 1 fully saturated rings. The van der Waals surface area contributed by atoms with Crippen LogP contribution >= 0.6 is 15.9 Å². The number of halogens is 1. The predicted octanol–water partition coefficient (Wildman–Crippen LogP) is 3.29. The van der Waals surface area contributed by atoms with Crippen LogP contribution in [-0.4, -0.2) is 26.4 Å². The molecule has 18 heavy (non-hydrogen) atoms. The average molecular weight is 314 g/mol. The quantitative estimate of drug-likeness (QED) is 0.925. The summed E-state index contributed by atoms with van der Waals surface area (Å²) in [6, 6.07) is 6.62. The van der Waals surface area contributed by atoms with Gasteiger partial charge in [-0.3, -0.25) is 0 Å². The largest absolute Gasteiger partial charge is 0.489 e. The van der Waals surface area contributed by atoms with Crippen LogP contribution in [0.15, 0.2) is 22.7 Å². The summed E-state index contributed by atoms with van der Waals surface area (Å²) in [5.74, 6) is 0.925. The molecule has 1 aliphatic heterocycles. The molecule has 1 aliphatic rings. The fourth-order valence-corrected chi connectivity index (χ4v) is 2.51. The van der Waals surface area contributed by atoms with Crippen molar-refractivity contribution in [2.24, 2.45) is 0 Å². The molecule has 1 heterocycles. The molecule has 2 rings (SSSR count). The third-order valence-electron chi connectivity index (χ3n) is 3.35. The molecule has 0 saturated carbocycles. The van der Waals surface area contributed by atoms with Crippen LogP contribution in [0.25, 0.3) is 0 Å². The monoisotopic (exact) mass is 313 g/mol. The van der Waals surface area contributed by atoms with Crippen LogP contribution in [0, 0.1) is 0 Å². The Labute approximate surface area is 117 Å². The van der Waals surface area contributed by atoms with Crippen LogP contribution in [0.2, 0.25) is 0 Å². The van der Waals surface area contributed by atoms with Crippen molar-refractivity contribution >= 4 is 15.9 Å². The molecule has 4 heteroatoms. The number of hydrogen-bond donors (Lipinski definition) is 1. The first-order valence-corrected chi connectivity index (χ1v) is 7.21. The third kappa shape index (κ3) is 3.46. The fourth-order valence-electron chi connectivity index (χ4n) is 2.02. The topological polar surface area (TPSA) is 30.5 Å². The first-order valence-electron chi connectivity index (χ1n) is 6.42. The van der Waals surface area contributed by atoms with Crippen LogP contribution in [0.3, 0.4) is 0 Å². The summed E-state index contributed by atoms with van der Waals surface area (Å²) < 4.78 is 12.4. The van der Waals surface area contributed by atoms with Crippen LogP contribution < -0.4 is 10.1 Å². The Kier molecular flexibility index (Phi) is 5.03. The highest BCUT2D eigenvalue weighted by Crippen LogP contribution is 2.30. The van der Waals surface area contributed by atoms with E-state index in [0.717, 1.165) is 36.3 Å². The molecule has 0 bridgehead atoms. The molecular weight excluding hydrogens is 294 g/mol. The molecule has 0 aromatic heterocycles. The summed E-state index contributed by atoms with van der Waals surface area (Å²) in [6.45, 7) is 3.75. The van der Waals surface area contributed by atoms with Gasteiger partial charge >= 0.3 is 0 Å². The second kappa shape index (κ2) is 6.55. The summed E-state index contributed by atoms with van der Waals surface area (Å²) in [6.07, 6.45) is 2.23. The van der Waals surface area contributed by atoms with E-state index in [1.54, 1.807) is 0 Å². The Bertz CT molecular complexity index is 391. The second-order valence-electron chi connectivity index (χ2n) is 4.63. The van der Waals surface area contributed by atoms with Gasteiger partial charge in [0.2, 0.25) is 0 Å². The molecule has 0 aliphatic carbocycles. The van der Waals surface area contributed by atoms with Gasteiger partial charge in [0, 0.05) is 18.9 Å². The Morgan fingerprint density at radius 3 is 2.72 bits per heavy atom. The molecule has 1 saturated heterocycles. The van der Waals surface area contributed by atoms with Gasteiger partial charge < -0.3 is 14.8 Å². The Hall–Kier alpha value is -0.580. The SMILES string of the molecule is CNC(C)c1ccc(OC2CCOCC2)c(Br)c1. The van der Waals surface area contributed by atoms with Crippen molar-refractivity contribution in [2.45, 2.75) is 31.9 Å². The smallest absolute Gasteiger partial charge is 0.133 e. The van der Waals surface area contributed by atoms with Crippen LogP contribution in [0.1, 0.15) is 31.4 Å². The van der Waals surface area contributed by atoms with Crippen molar-refractivity contribution in [1.29, 1.82) is 0 Å². The molecule has 3 nitrogen and oxygen atoms in total. The Balaban J connectivity index is 2.04. The van der Waals surface area contributed by atoms with E-state index >= 15 is 0 Å². The number of rotatable bonds is 4. The van der Waals surface area contributed by atoms with Gasteiger partial charge in [-0.2, -0.15) is 0 Å². The molecule has 1 atom stereocenters. The molecule has 1 aromatic rings. The van der Waals surface area contributed by atoms with E-state index in [2.05, 4.69) is 40.3 Å². The number of ether oxygens (including phenoxy) is 2. The third-order valence-corrected chi connectivity index (χ3v) is 3.97. The van der Waals surface area contributed by atoms with Gasteiger partial charge in [-0.1, -0.05) is 6.07 Å². The van der Waals surface area contributed by atoms with Crippen molar-refractivity contribution < 1.29 is 9.47 Å². The zero-order valence-corrected chi connectivity index (χ0v) is 12.5. The number of nitrogens with one attached hydrogen (secondary N) is 1.